The Morgan fingerprint density at radius 3 is 2.42 bits per heavy atom. The zero-order valence-corrected chi connectivity index (χ0v) is 13.2. The molecule has 0 radical (unpaired) electrons. The number of rotatable bonds is 2. The highest BCUT2D eigenvalue weighted by atomic mass is 32.2. The lowest BCUT2D eigenvalue weighted by Gasteiger charge is -2.30. The van der Waals surface area contributed by atoms with Crippen molar-refractivity contribution in [2.24, 2.45) is 0 Å². The van der Waals surface area contributed by atoms with Gasteiger partial charge in [-0.1, -0.05) is 45.9 Å². The molecule has 106 valence electrons. The predicted octanol–water partition coefficient (Wildman–Crippen LogP) is 3.08. The van der Waals surface area contributed by atoms with Crippen molar-refractivity contribution in [2.45, 2.75) is 52.0 Å². The van der Waals surface area contributed by atoms with E-state index in [0.717, 1.165) is 29.7 Å². The minimum absolute atomic E-state index is 0.0586. The fraction of sp³-hybridized carbons (Fsp3) is 0.600. The fourth-order valence-corrected chi connectivity index (χ4v) is 4.20. The Morgan fingerprint density at radius 2 is 1.95 bits per heavy atom. The number of para-hydroxylation sites is 1. The number of nitrogens with zero attached hydrogens (tertiary/aromatic N) is 1. The number of hydrogen-bond donors (Lipinski definition) is 0. The third-order valence-electron chi connectivity index (χ3n) is 3.76. The minimum atomic E-state index is -3.23. The van der Waals surface area contributed by atoms with Gasteiger partial charge in [0.25, 0.3) is 0 Å². The van der Waals surface area contributed by atoms with E-state index in [1.54, 1.807) is 4.31 Å². The van der Waals surface area contributed by atoms with E-state index in [1.807, 2.05) is 13.0 Å². The first-order valence-corrected chi connectivity index (χ1v) is 8.63. The van der Waals surface area contributed by atoms with Crippen LogP contribution in [-0.2, 0) is 21.9 Å². The summed E-state index contributed by atoms with van der Waals surface area (Å²) in [5.74, 6) is 0. The monoisotopic (exact) mass is 281 g/mol. The summed E-state index contributed by atoms with van der Waals surface area (Å²) < 4.78 is 26.0. The van der Waals surface area contributed by atoms with Crippen LogP contribution in [0.15, 0.2) is 18.2 Å². The molecule has 0 bridgehead atoms. The summed E-state index contributed by atoms with van der Waals surface area (Å²) in [6, 6.07) is 6.21. The van der Waals surface area contributed by atoms with Gasteiger partial charge in [0.15, 0.2) is 0 Å². The lowest BCUT2D eigenvalue weighted by atomic mass is 9.85. The van der Waals surface area contributed by atoms with Gasteiger partial charge in [0, 0.05) is 6.04 Å². The van der Waals surface area contributed by atoms with Crippen LogP contribution in [0, 0.1) is 0 Å². The summed E-state index contributed by atoms with van der Waals surface area (Å²) >= 11 is 0. The Kier molecular flexibility index (Phi) is 3.42. The second-order valence-corrected chi connectivity index (χ2v) is 8.25. The van der Waals surface area contributed by atoms with Crippen LogP contribution in [0.25, 0.3) is 0 Å². The first-order chi connectivity index (χ1) is 8.66. The lowest BCUT2D eigenvalue weighted by Crippen LogP contribution is -2.37. The summed E-state index contributed by atoms with van der Waals surface area (Å²) in [7, 11) is -3.23. The zero-order valence-electron chi connectivity index (χ0n) is 12.4. The minimum Gasteiger partial charge on any atom is -0.267 e. The van der Waals surface area contributed by atoms with Crippen LogP contribution in [0.2, 0.25) is 0 Å². The average Bonchev–Trinajstić information content (AvgIpc) is 2.64. The van der Waals surface area contributed by atoms with Gasteiger partial charge in [-0.3, -0.25) is 4.31 Å². The fourth-order valence-electron chi connectivity index (χ4n) is 2.89. The predicted molar refractivity (Wildman–Crippen MR) is 80.2 cm³/mol. The van der Waals surface area contributed by atoms with E-state index in [4.69, 9.17) is 0 Å². The van der Waals surface area contributed by atoms with Crippen LogP contribution < -0.4 is 4.31 Å². The highest BCUT2D eigenvalue weighted by Gasteiger charge is 2.37. The molecular formula is C15H23NO2S. The molecule has 0 spiro atoms. The number of sulfonamides is 1. The third-order valence-corrected chi connectivity index (χ3v) is 4.96. The van der Waals surface area contributed by atoms with Crippen molar-refractivity contribution in [3.05, 3.63) is 29.3 Å². The molecule has 1 heterocycles. The summed E-state index contributed by atoms with van der Waals surface area (Å²) in [4.78, 5) is 0. The molecule has 0 saturated heterocycles. The topological polar surface area (TPSA) is 37.4 Å². The van der Waals surface area contributed by atoms with Crippen molar-refractivity contribution in [1.82, 2.24) is 0 Å². The standard InChI is InChI=1S/C15H23NO2S/c1-6-12-10-11-8-7-9-13(15(2,3)4)14(11)16(12)19(5,17)18/h7-9,12H,6,10H2,1-5H3. The van der Waals surface area contributed by atoms with Crippen molar-refractivity contribution < 1.29 is 8.42 Å². The molecular weight excluding hydrogens is 258 g/mol. The highest BCUT2D eigenvalue weighted by Crippen LogP contribution is 2.42. The Bertz CT molecular complexity index is 585. The number of benzene rings is 1. The van der Waals surface area contributed by atoms with Crippen LogP contribution in [0.4, 0.5) is 5.69 Å². The summed E-state index contributed by atoms with van der Waals surface area (Å²) in [6.07, 6.45) is 2.97. The second-order valence-electron chi connectivity index (χ2n) is 6.39. The van der Waals surface area contributed by atoms with E-state index in [1.165, 1.54) is 6.26 Å². The van der Waals surface area contributed by atoms with Crippen molar-refractivity contribution in [1.29, 1.82) is 0 Å². The SMILES string of the molecule is CCC1Cc2cccc(C(C)(C)C)c2N1S(C)(=O)=O. The largest absolute Gasteiger partial charge is 0.267 e. The normalized spacial score (nSPS) is 19.6. The van der Waals surface area contributed by atoms with Gasteiger partial charge in [-0.15, -0.1) is 0 Å². The lowest BCUT2D eigenvalue weighted by molar-refractivity contribution is 0.573. The van der Waals surface area contributed by atoms with Gasteiger partial charge in [0.05, 0.1) is 11.9 Å². The maximum atomic E-state index is 12.2. The maximum Gasteiger partial charge on any atom is 0.232 e. The molecule has 1 unspecified atom stereocenters. The van der Waals surface area contributed by atoms with Crippen LogP contribution in [0.1, 0.15) is 45.2 Å². The van der Waals surface area contributed by atoms with E-state index in [-0.39, 0.29) is 11.5 Å². The quantitative estimate of drug-likeness (QED) is 0.835. The Hall–Kier alpha value is -1.03. The molecule has 0 fully saturated rings. The Morgan fingerprint density at radius 1 is 1.32 bits per heavy atom. The third kappa shape index (κ3) is 2.50. The molecule has 0 aliphatic carbocycles. The molecule has 4 heteroatoms. The Balaban J connectivity index is 2.69. The molecule has 0 aromatic heterocycles. The Labute approximate surface area is 116 Å². The summed E-state index contributed by atoms with van der Waals surface area (Å²) in [5.41, 5.74) is 3.14. The van der Waals surface area contributed by atoms with Gasteiger partial charge in [-0.2, -0.15) is 0 Å². The second kappa shape index (κ2) is 4.51. The van der Waals surface area contributed by atoms with Crippen molar-refractivity contribution in [3.8, 4) is 0 Å². The molecule has 0 amide bonds. The zero-order chi connectivity index (χ0) is 14.4. The van der Waals surface area contributed by atoms with Crippen molar-refractivity contribution in [2.75, 3.05) is 10.6 Å². The molecule has 1 aromatic carbocycles. The maximum absolute atomic E-state index is 12.2. The molecule has 1 aromatic rings. The van der Waals surface area contributed by atoms with E-state index in [9.17, 15) is 8.42 Å². The summed E-state index contributed by atoms with van der Waals surface area (Å²) in [5, 5.41) is 0. The van der Waals surface area contributed by atoms with Gasteiger partial charge in [0.1, 0.15) is 0 Å². The van der Waals surface area contributed by atoms with E-state index in [2.05, 4.69) is 32.9 Å². The summed E-state index contributed by atoms with van der Waals surface area (Å²) in [6.45, 7) is 8.43. The van der Waals surface area contributed by atoms with Crippen LogP contribution in [0.5, 0.6) is 0 Å². The van der Waals surface area contributed by atoms with E-state index >= 15 is 0 Å². The van der Waals surface area contributed by atoms with Crippen LogP contribution in [0.3, 0.4) is 0 Å². The molecule has 1 aliphatic heterocycles. The van der Waals surface area contributed by atoms with Crippen molar-refractivity contribution >= 4 is 15.7 Å². The van der Waals surface area contributed by atoms with Crippen LogP contribution >= 0.6 is 0 Å². The van der Waals surface area contributed by atoms with Gasteiger partial charge in [-0.05, 0) is 29.4 Å². The first kappa shape index (κ1) is 14.4. The van der Waals surface area contributed by atoms with Gasteiger partial charge in [-0.25, -0.2) is 8.42 Å². The van der Waals surface area contributed by atoms with Gasteiger partial charge < -0.3 is 0 Å². The van der Waals surface area contributed by atoms with Gasteiger partial charge >= 0.3 is 0 Å². The van der Waals surface area contributed by atoms with Crippen molar-refractivity contribution in [3.63, 3.8) is 0 Å². The molecule has 1 aliphatic rings. The van der Waals surface area contributed by atoms with E-state index in [0.29, 0.717) is 0 Å². The number of hydrogen-bond acceptors (Lipinski definition) is 2. The molecule has 3 nitrogen and oxygen atoms in total. The van der Waals surface area contributed by atoms with E-state index < -0.39 is 10.0 Å². The number of fused-ring (bicyclic) bond motifs is 1. The number of anilines is 1. The first-order valence-electron chi connectivity index (χ1n) is 6.78. The smallest absolute Gasteiger partial charge is 0.232 e. The average molecular weight is 281 g/mol. The molecule has 2 rings (SSSR count). The van der Waals surface area contributed by atoms with Gasteiger partial charge in [0.2, 0.25) is 10.0 Å². The highest BCUT2D eigenvalue weighted by molar-refractivity contribution is 7.92. The molecule has 0 N–H and O–H groups in total. The van der Waals surface area contributed by atoms with Crippen LogP contribution in [-0.4, -0.2) is 20.7 Å². The molecule has 0 saturated carbocycles. The molecule has 19 heavy (non-hydrogen) atoms. The molecule has 1 atom stereocenters.